The summed E-state index contributed by atoms with van der Waals surface area (Å²) in [6.07, 6.45) is 3.20. The van der Waals surface area contributed by atoms with Crippen LogP contribution < -0.4 is 10.9 Å². The van der Waals surface area contributed by atoms with Crippen molar-refractivity contribution in [3.05, 3.63) is 52.2 Å². The van der Waals surface area contributed by atoms with Crippen molar-refractivity contribution in [3.63, 3.8) is 0 Å². The molecule has 31 heavy (non-hydrogen) atoms. The summed E-state index contributed by atoms with van der Waals surface area (Å²) in [5.41, 5.74) is 3.00. The molecule has 2 N–H and O–H groups in total. The number of hydrogen-bond donors (Lipinski definition) is 2. The molecule has 8 heteroatoms. The Morgan fingerprint density at radius 2 is 2.03 bits per heavy atom. The van der Waals surface area contributed by atoms with E-state index in [1.807, 2.05) is 19.9 Å². The lowest BCUT2D eigenvalue weighted by Crippen LogP contribution is -2.20. The zero-order chi connectivity index (χ0) is 22.3. The van der Waals surface area contributed by atoms with Crippen molar-refractivity contribution in [2.45, 2.75) is 45.4 Å². The summed E-state index contributed by atoms with van der Waals surface area (Å²) in [6.45, 7) is 3.88. The number of carbonyl (C=O) groups excluding carboxylic acids is 1. The van der Waals surface area contributed by atoms with Crippen molar-refractivity contribution < 1.29 is 14.3 Å². The first kappa shape index (κ1) is 21.1. The molecule has 0 bridgehead atoms. The standard InChI is InChI=1S/C23H25FN4O3/c1-4-5-20(29)18-6-12(2)16(11-25-18)14-7-13-10-26-21(9-19(13)28(3)23(14)31)27-22(30)15-8-17(15)24/h6-7,9-11,15,17,20,29H,4-5,8H2,1-3H3,(H,26,27,30)/t15-,17?,20?/m0/s1. The number of aliphatic hydroxyl groups excluding tert-OH is 1. The molecule has 0 aliphatic heterocycles. The fraction of sp³-hybridized carbons (Fsp3) is 0.391. The summed E-state index contributed by atoms with van der Waals surface area (Å²) >= 11 is 0. The average Bonchev–Trinajstić information content (AvgIpc) is 3.48. The number of nitrogens with zero attached hydrogens (tertiary/aromatic N) is 3. The normalized spacial score (nSPS) is 18.7. The van der Waals surface area contributed by atoms with E-state index >= 15 is 0 Å². The van der Waals surface area contributed by atoms with E-state index in [4.69, 9.17) is 0 Å². The number of fused-ring (bicyclic) bond motifs is 1. The molecule has 1 fully saturated rings. The molecule has 0 spiro atoms. The number of aliphatic hydroxyl groups is 1. The van der Waals surface area contributed by atoms with Crippen LogP contribution in [0.3, 0.4) is 0 Å². The van der Waals surface area contributed by atoms with E-state index in [0.717, 1.165) is 17.4 Å². The summed E-state index contributed by atoms with van der Waals surface area (Å²) in [6, 6.07) is 5.18. The number of carbonyl (C=O) groups is 1. The van der Waals surface area contributed by atoms with Crippen LogP contribution >= 0.6 is 0 Å². The highest BCUT2D eigenvalue weighted by atomic mass is 19.1. The van der Waals surface area contributed by atoms with Gasteiger partial charge in [-0.15, -0.1) is 0 Å². The van der Waals surface area contributed by atoms with Gasteiger partial charge in [0.05, 0.1) is 23.2 Å². The Morgan fingerprint density at radius 1 is 1.29 bits per heavy atom. The van der Waals surface area contributed by atoms with Gasteiger partial charge in [-0.3, -0.25) is 14.6 Å². The van der Waals surface area contributed by atoms with Crippen molar-refractivity contribution in [2.75, 3.05) is 5.32 Å². The SMILES string of the molecule is CCCC(O)c1cc(C)c(-c2cc3cnc(NC(=O)[C@H]4CC4F)cc3n(C)c2=O)cn1. The number of nitrogens with one attached hydrogen (secondary N) is 1. The number of pyridine rings is 3. The predicted molar refractivity (Wildman–Crippen MR) is 116 cm³/mol. The van der Waals surface area contributed by atoms with E-state index in [0.29, 0.717) is 28.8 Å². The highest BCUT2D eigenvalue weighted by Gasteiger charge is 2.43. The fourth-order valence-corrected chi connectivity index (χ4v) is 3.74. The van der Waals surface area contributed by atoms with Crippen LogP contribution in [0.2, 0.25) is 0 Å². The van der Waals surface area contributed by atoms with Gasteiger partial charge in [0.1, 0.15) is 12.0 Å². The lowest BCUT2D eigenvalue weighted by Gasteiger charge is -2.14. The van der Waals surface area contributed by atoms with E-state index in [2.05, 4.69) is 15.3 Å². The molecule has 0 aromatic carbocycles. The highest BCUT2D eigenvalue weighted by Crippen LogP contribution is 2.34. The molecule has 1 aliphatic carbocycles. The van der Waals surface area contributed by atoms with Crippen molar-refractivity contribution in [2.24, 2.45) is 13.0 Å². The van der Waals surface area contributed by atoms with E-state index in [9.17, 15) is 19.1 Å². The van der Waals surface area contributed by atoms with Crippen molar-refractivity contribution >= 4 is 22.6 Å². The minimum absolute atomic E-state index is 0.214. The van der Waals surface area contributed by atoms with Gasteiger partial charge in [-0.05, 0) is 37.5 Å². The Bertz CT molecular complexity index is 1220. The summed E-state index contributed by atoms with van der Waals surface area (Å²) in [7, 11) is 1.65. The van der Waals surface area contributed by atoms with Crippen molar-refractivity contribution in [1.82, 2.24) is 14.5 Å². The summed E-state index contributed by atoms with van der Waals surface area (Å²) in [5.74, 6) is -0.725. The Labute approximate surface area is 179 Å². The van der Waals surface area contributed by atoms with Gasteiger partial charge >= 0.3 is 0 Å². The van der Waals surface area contributed by atoms with Crippen molar-refractivity contribution in [1.29, 1.82) is 0 Å². The molecule has 162 valence electrons. The minimum Gasteiger partial charge on any atom is -0.387 e. The van der Waals surface area contributed by atoms with E-state index in [1.54, 1.807) is 31.6 Å². The summed E-state index contributed by atoms with van der Waals surface area (Å²) in [5, 5.41) is 13.5. The Kier molecular flexibility index (Phi) is 5.58. The average molecular weight is 424 g/mol. The summed E-state index contributed by atoms with van der Waals surface area (Å²) in [4.78, 5) is 33.7. The first-order chi connectivity index (χ1) is 14.8. The number of aryl methyl sites for hydroxylation is 2. The van der Waals surface area contributed by atoms with Gasteiger partial charge in [-0.2, -0.15) is 0 Å². The lowest BCUT2D eigenvalue weighted by atomic mass is 10.0. The number of alkyl halides is 1. The third-order valence-electron chi connectivity index (χ3n) is 5.73. The molecule has 4 rings (SSSR count). The maximum atomic E-state index is 13.1. The number of anilines is 1. The topological polar surface area (TPSA) is 97.1 Å². The van der Waals surface area contributed by atoms with Gasteiger partial charge < -0.3 is 15.0 Å². The largest absolute Gasteiger partial charge is 0.387 e. The maximum absolute atomic E-state index is 13.1. The van der Waals surface area contributed by atoms with Crippen molar-refractivity contribution in [3.8, 4) is 11.1 Å². The Morgan fingerprint density at radius 3 is 2.68 bits per heavy atom. The first-order valence-electron chi connectivity index (χ1n) is 10.4. The molecule has 2 unspecified atom stereocenters. The minimum atomic E-state index is -1.08. The Balaban J connectivity index is 1.70. The van der Waals surface area contributed by atoms with E-state index in [1.165, 1.54) is 4.57 Å². The molecule has 3 aromatic rings. The second kappa shape index (κ2) is 8.19. The molecular weight excluding hydrogens is 399 g/mol. The number of amides is 1. The molecule has 1 saturated carbocycles. The lowest BCUT2D eigenvalue weighted by molar-refractivity contribution is -0.117. The van der Waals surface area contributed by atoms with Crippen LogP contribution in [0.1, 0.15) is 43.5 Å². The molecule has 0 saturated heterocycles. The molecule has 7 nitrogen and oxygen atoms in total. The van der Waals surface area contributed by atoms with Crippen LogP contribution in [0.5, 0.6) is 0 Å². The van der Waals surface area contributed by atoms with E-state index in [-0.39, 0.29) is 17.8 Å². The quantitative estimate of drug-likeness (QED) is 0.632. The van der Waals surface area contributed by atoms with Gasteiger partial charge in [-0.25, -0.2) is 9.37 Å². The molecule has 1 aliphatic rings. The fourth-order valence-electron chi connectivity index (χ4n) is 3.74. The van der Waals surface area contributed by atoms with Crippen LogP contribution in [-0.4, -0.2) is 31.7 Å². The van der Waals surface area contributed by atoms with Gasteiger partial charge in [0.15, 0.2) is 0 Å². The Hall–Kier alpha value is -3.13. The van der Waals surface area contributed by atoms with Crippen LogP contribution in [0.4, 0.5) is 10.2 Å². The van der Waals surface area contributed by atoms with Crippen LogP contribution in [-0.2, 0) is 11.8 Å². The molecule has 3 atom stereocenters. The van der Waals surface area contributed by atoms with Gasteiger partial charge in [0.25, 0.3) is 5.56 Å². The highest BCUT2D eigenvalue weighted by molar-refractivity contribution is 5.95. The van der Waals surface area contributed by atoms with Crippen LogP contribution in [0, 0.1) is 12.8 Å². The molecule has 3 aromatic heterocycles. The molecule has 1 amide bonds. The van der Waals surface area contributed by atoms with Gasteiger partial charge in [-0.1, -0.05) is 13.3 Å². The molecule has 3 heterocycles. The second-order valence-electron chi connectivity index (χ2n) is 8.13. The maximum Gasteiger partial charge on any atom is 0.258 e. The summed E-state index contributed by atoms with van der Waals surface area (Å²) < 4.78 is 14.6. The zero-order valence-corrected chi connectivity index (χ0v) is 17.7. The first-order valence-corrected chi connectivity index (χ1v) is 10.4. The molecular formula is C23H25FN4O3. The zero-order valence-electron chi connectivity index (χ0n) is 17.7. The van der Waals surface area contributed by atoms with Gasteiger partial charge in [0.2, 0.25) is 5.91 Å². The van der Waals surface area contributed by atoms with Crippen LogP contribution in [0.25, 0.3) is 22.0 Å². The molecule has 0 radical (unpaired) electrons. The number of rotatable bonds is 6. The smallest absolute Gasteiger partial charge is 0.258 e. The monoisotopic (exact) mass is 424 g/mol. The predicted octanol–water partition coefficient (Wildman–Crippen LogP) is 3.43. The third kappa shape index (κ3) is 4.07. The number of aromatic nitrogens is 3. The van der Waals surface area contributed by atoms with Gasteiger partial charge in [0, 0.05) is 42.0 Å². The second-order valence-corrected chi connectivity index (χ2v) is 8.13. The number of halogens is 1. The van der Waals surface area contributed by atoms with E-state index < -0.39 is 24.1 Å². The third-order valence-corrected chi connectivity index (χ3v) is 5.73. The number of hydrogen-bond acceptors (Lipinski definition) is 5. The van der Waals surface area contributed by atoms with Crippen LogP contribution in [0.15, 0.2) is 35.4 Å².